The van der Waals surface area contributed by atoms with E-state index in [-0.39, 0.29) is 18.4 Å². The van der Waals surface area contributed by atoms with Crippen molar-refractivity contribution in [2.24, 2.45) is 0 Å². The molecule has 0 aromatic heterocycles. The maximum atomic E-state index is 11.4. The number of rotatable bonds is 5. The molecule has 5 nitrogen and oxygen atoms in total. The molecule has 1 aliphatic heterocycles. The highest BCUT2D eigenvalue weighted by molar-refractivity contribution is 7.87. The third-order valence-corrected chi connectivity index (χ3v) is 3.39. The molecule has 0 aromatic carbocycles. The largest absolute Gasteiger partial charge is 0.315 e. The van der Waals surface area contributed by atoms with Gasteiger partial charge in [-0.05, 0) is 25.8 Å². The lowest BCUT2D eigenvalue weighted by molar-refractivity contribution is 0.426. The van der Waals surface area contributed by atoms with Crippen molar-refractivity contribution in [1.29, 1.82) is 0 Å². The Kier molecular flexibility index (Phi) is 7.46. The first-order chi connectivity index (χ1) is 6.64. The van der Waals surface area contributed by atoms with Crippen LogP contribution in [0.5, 0.6) is 0 Å². The Balaban J connectivity index is 0.00000196. The van der Waals surface area contributed by atoms with Crippen LogP contribution in [0.15, 0.2) is 0 Å². The van der Waals surface area contributed by atoms with E-state index in [2.05, 4.69) is 14.8 Å². The van der Waals surface area contributed by atoms with Crippen molar-refractivity contribution in [3.63, 3.8) is 0 Å². The Bertz CT molecular complexity index is 253. The third-order valence-electron chi connectivity index (χ3n) is 2.16. The van der Waals surface area contributed by atoms with Crippen LogP contribution >= 0.6 is 12.4 Å². The second-order valence-corrected chi connectivity index (χ2v) is 5.09. The van der Waals surface area contributed by atoms with Gasteiger partial charge >= 0.3 is 0 Å². The summed E-state index contributed by atoms with van der Waals surface area (Å²) in [6.45, 7) is 4.15. The molecule has 0 radical (unpaired) electrons. The van der Waals surface area contributed by atoms with E-state index < -0.39 is 10.2 Å². The molecule has 7 heteroatoms. The van der Waals surface area contributed by atoms with Crippen LogP contribution in [0, 0.1) is 0 Å². The maximum Gasteiger partial charge on any atom is 0.277 e. The summed E-state index contributed by atoms with van der Waals surface area (Å²) in [6, 6.07) is 0.0399. The summed E-state index contributed by atoms with van der Waals surface area (Å²) in [4.78, 5) is 0. The first kappa shape index (κ1) is 15.1. The standard InChI is InChI=1S/C8H19N3O2S.ClH/c1-2-5-10-14(12,13)11-8-4-3-6-9-7-8;/h8-11H,2-7H2,1H3;1H/t8-;/m1./s1. The van der Waals surface area contributed by atoms with Crippen molar-refractivity contribution in [2.45, 2.75) is 32.2 Å². The first-order valence-electron chi connectivity index (χ1n) is 5.11. The van der Waals surface area contributed by atoms with Crippen LogP contribution in [0.1, 0.15) is 26.2 Å². The Hall–Kier alpha value is 0.120. The predicted octanol–water partition coefficient (Wildman–Crippen LogP) is -0.00580. The summed E-state index contributed by atoms with van der Waals surface area (Å²) < 4.78 is 27.9. The molecule has 1 saturated heterocycles. The van der Waals surface area contributed by atoms with E-state index >= 15 is 0 Å². The molecule has 1 fully saturated rings. The van der Waals surface area contributed by atoms with Crippen molar-refractivity contribution in [2.75, 3.05) is 19.6 Å². The Morgan fingerprint density at radius 3 is 2.73 bits per heavy atom. The van der Waals surface area contributed by atoms with Gasteiger partial charge in [-0.2, -0.15) is 13.1 Å². The van der Waals surface area contributed by atoms with Gasteiger partial charge in [-0.1, -0.05) is 6.92 Å². The topological polar surface area (TPSA) is 70.2 Å². The number of nitrogens with one attached hydrogen (secondary N) is 3. The Morgan fingerprint density at radius 2 is 2.20 bits per heavy atom. The molecule has 1 aliphatic rings. The van der Waals surface area contributed by atoms with Crippen LogP contribution in [-0.2, 0) is 10.2 Å². The molecule has 0 saturated carbocycles. The molecule has 1 heterocycles. The van der Waals surface area contributed by atoms with Crippen LogP contribution in [0.25, 0.3) is 0 Å². The molecule has 0 aliphatic carbocycles. The highest BCUT2D eigenvalue weighted by Gasteiger charge is 2.18. The summed E-state index contributed by atoms with van der Waals surface area (Å²) >= 11 is 0. The highest BCUT2D eigenvalue weighted by atomic mass is 35.5. The van der Waals surface area contributed by atoms with E-state index in [1.54, 1.807) is 0 Å². The van der Waals surface area contributed by atoms with Gasteiger partial charge in [0.25, 0.3) is 10.2 Å². The van der Waals surface area contributed by atoms with Gasteiger partial charge in [0.2, 0.25) is 0 Å². The van der Waals surface area contributed by atoms with Gasteiger partial charge in [0.15, 0.2) is 0 Å². The zero-order valence-electron chi connectivity index (χ0n) is 8.95. The molecule has 15 heavy (non-hydrogen) atoms. The second kappa shape index (κ2) is 7.40. The lowest BCUT2D eigenvalue weighted by Crippen LogP contribution is -2.49. The van der Waals surface area contributed by atoms with Crippen LogP contribution in [-0.4, -0.2) is 34.1 Å². The van der Waals surface area contributed by atoms with E-state index in [0.29, 0.717) is 6.54 Å². The Morgan fingerprint density at radius 1 is 1.47 bits per heavy atom. The molecule has 0 aromatic rings. The number of halogens is 1. The van der Waals surface area contributed by atoms with Crippen molar-refractivity contribution >= 4 is 22.6 Å². The minimum atomic E-state index is -3.28. The molecule has 0 spiro atoms. The quantitative estimate of drug-likeness (QED) is 0.649. The van der Waals surface area contributed by atoms with E-state index in [1.807, 2.05) is 6.92 Å². The molecular weight excluding hydrogens is 238 g/mol. The summed E-state index contributed by atoms with van der Waals surface area (Å²) in [5.41, 5.74) is 0. The van der Waals surface area contributed by atoms with Crippen LogP contribution in [0.4, 0.5) is 0 Å². The molecule has 1 atom stereocenters. The predicted molar refractivity (Wildman–Crippen MR) is 63.5 cm³/mol. The average Bonchev–Trinajstić information content (AvgIpc) is 2.16. The van der Waals surface area contributed by atoms with Gasteiger partial charge in [0, 0.05) is 19.1 Å². The molecule has 3 N–H and O–H groups in total. The SMILES string of the molecule is CCCNS(=O)(=O)N[C@@H]1CCCNC1.Cl. The van der Waals surface area contributed by atoms with E-state index in [4.69, 9.17) is 0 Å². The molecular formula is C8H20ClN3O2S. The maximum absolute atomic E-state index is 11.4. The van der Waals surface area contributed by atoms with E-state index in [0.717, 1.165) is 32.4 Å². The zero-order valence-corrected chi connectivity index (χ0v) is 10.6. The Labute approximate surface area is 98.0 Å². The summed E-state index contributed by atoms with van der Waals surface area (Å²) in [5.74, 6) is 0. The molecule has 0 unspecified atom stereocenters. The van der Waals surface area contributed by atoms with E-state index in [9.17, 15) is 8.42 Å². The normalized spacial score (nSPS) is 22.1. The van der Waals surface area contributed by atoms with Crippen molar-refractivity contribution in [3.8, 4) is 0 Å². The minimum absolute atomic E-state index is 0. The first-order valence-corrected chi connectivity index (χ1v) is 6.60. The van der Waals surface area contributed by atoms with Gasteiger partial charge in [-0.3, -0.25) is 0 Å². The minimum Gasteiger partial charge on any atom is -0.315 e. The van der Waals surface area contributed by atoms with Crippen molar-refractivity contribution < 1.29 is 8.42 Å². The van der Waals surface area contributed by atoms with Gasteiger partial charge < -0.3 is 5.32 Å². The molecule has 0 amide bonds. The van der Waals surface area contributed by atoms with Gasteiger partial charge in [0.05, 0.1) is 0 Å². The van der Waals surface area contributed by atoms with Gasteiger partial charge in [0.1, 0.15) is 0 Å². The number of hydrogen-bond donors (Lipinski definition) is 3. The fraction of sp³-hybridized carbons (Fsp3) is 1.00. The van der Waals surface area contributed by atoms with E-state index in [1.165, 1.54) is 0 Å². The second-order valence-electron chi connectivity index (χ2n) is 3.56. The highest BCUT2D eigenvalue weighted by Crippen LogP contribution is 2.01. The lowest BCUT2D eigenvalue weighted by atomic mass is 10.1. The van der Waals surface area contributed by atoms with Crippen LogP contribution < -0.4 is 14.8 Å². The monoisotopic (exact) mass is 257 g/mol. The summed E-state index contributed by atoms with van der Waals surface area (Å²) in [5, 5.41) is 3.16. The fourth-order valence-corrected chi connectivity index (χ4v) is 2.65. The lowest BCUT2D eigenvalue weighted by Gasteiger charge is -2.23. The summed E-state index contributed by atoms with van der Waals surface area (Å²) in [7, 11) is -3.28. The van der Waals surface area contributed by atoms with Gasteiger partial charge in [-0.25, -0.2) is 4.72 Å². The van der Waals surface area contributed by atoms with Crippen LogP contribution in [0.2, 0.25) is 0 Å². The smallest absolute Gasteiger partial charge is 0.277 e. The van der Waals surface area contributed by atoms with Gasteiger partial charge in [-0.15, -0.1) is 12.4 Å². The summed E-state index contributed by atoms with van der Waals surface area (Å²) in [6.07, 6.45) is 2.75. The molecule has 0 bridgehead atoms. The number of hydrogen-bond acceptors (Lipinski definition) is 3. The van der Waals surface area contributed by atoms with Crippen LogP contribution in [0.3, 0.4) is 0 Å². The molecule has 92 valence electrons. The third kappa shape index (κ3) is 6.32. The zero-order chi connectivity index (χ0) is 10.4. The van der Waals surface area contributed by atoms with Crippen molar-refractivity contribution in [1.82, 2.24) is 14.8 Å². The van der Waals surface area contributed by atoms with Crippen molar-refractivity contribution in [3.05, 3.63) is 0 Å². The average molecular weight is 258 g/mol. The fourth-order valence-electron chi connectivity index (χ4n) is 1.45. The molecule has 1 rings (SSSR count). The number of piperidine rings is 1.